The van der Waals surface area contributed by atoms with Gasteiger partial charge in [-0.05, 0) is 38.0 Å². The number of carbonyl (C=O) groups excluding carboxylic acids is 1. The first kappa shape index (κ1) is 18.7. The van der Waals surface area contributed by atoms with Crippen molar-refractivity contribution in [3.8, 4) is 22.1 Å². The molecular weight excluding hydrogens is 348 g/mol. The van der Waals surface area contributed by atoms with E-state index in [1.54, 1.807) is 14.2 Å². The molecule has 0 N–H and O–H groups in total. The summed E-state index contributed by atoms with van der Waals surface area (Å²) in [6.07, 6.45) is 5.91. The van der Waals surface area contributed by atoms with E-state index in [1.807, 2.05) is 35.4 Å². The van der Waals surface area contributed by atoms with Crippen molar-refractivity contribution in [2.24, 2.45) is 0 Å². The molecule has 2 aromatic rings. The summed E-state index contributed by atoms with van der Waals surface area (Å²) >= 11 is 1.48. The molecule has 1 amide bonds. The fourth-order valence-corrected chi connectivity index (χ4v) is 4.37. The van der Waals surface area contributed by atoms with Gasteiger partial charge in [-0.2, -0.15) is 0 Å². The van der Waals surface area contributed by atoms with Crippen molar-refractivity contribution in [1.29, 1.82) is 0 Å². The fourth-order valence-electron chi connectivity index (χ4n) is 3.58. The maximum absolute atomic E-state index is 13.0. The first-order valence-electron chi connectivity index (χ1n) is 9.16. The van der Waals surface area contributed by atoms with E-state index in [0.29, 0.717) is 23.2 Å². The van der Waals surface area contributed by atoms with Crippen molar-refractivity contribution in [2.45, 2.75) is 45.1 Å². The Morgan fingerprint density at radius 3 is 2.58 bits per heavy atom. The molecule has 1 heterocycles. The molecule has 3 rings (SSSR count). The van der Waals surface area contributed by atoms with Crippen molar-refractivity contribution in [1.82, 2.24) is 9.88 Å². The second kappa shape index (κ2) is 8.54. The van der Waals surface area contributed by atoms with E-state index < -0.39 is 0 Å². The molecule has 1 aliphatic carbocycles. The van der Waals surface area contributed by atoms with Gasteiger partial charge in [-0.25, -0.2) is 4.98 Å². The monoisotopic (exact) mass is 374 g/mol. The van der Waals surface area contributed by atoms with Crippen molar-refractivity contribution < 1.29 is 14.3 Å². The Bertz CT molecular complexity index is 753. The SMILES string of the molecule is CCN(C(=O)c1csc(-c2ccc(OC)c(OC)c2)n1)C1CCCCC1. The zero-order chi connectivity index (χ0) is 18.5. The van der Waals surface area contributed by atoms with Gasteiger partial charge in [0, 0.05) is 23.5 Å². The van der Waals surface area contributed by atoms with E-state index in [0.717, 1.165) is 30.0 Å². The van der Waals surface area contributed by atoms with Gasteiger partial charge < -0.3 is 14.4 Å². The number of ether oxygens (including phenoxy) is 2. The van der Waals surface area contributed by atoms with Gasteiger partial charge in [0.25, 0.3) is 5.91 Å². The molecular formula is C20H26N2O3S. The number of thiazole rings is 1. The van der Waals surface area contributed by atoms with Crippen LogP contribution in [0.2, 0.25) is 0 Å². The summed E-state index contributed by atoms with van der Waals surface area (Å²) in [5, 5.41) is 2.67. The summed E-state index contributed by atoms with van der Waals surface area (Å²) in [6, 6.07) is 6.04. The van der Waals surface area contributed by atoms with Crippen LogP contribution in [0.25, 0.3) is 10.6 Å². The van der Waals surface area contributed by atoms with Crippen LogP contribution in [0.5, 0.6) is 11.5 Å². The molecule has 1 fully saturated rings. The average Bonchev–Trinajstić information content (AvgIpc) is 3.19. The van der Waals surface area contributed by atoms with E-state index in [-0.39, 0.29) is 5.91 Å². The molecule has 0 radical (unpaired) electrons. The number of rotatable bonds is 6. The molecule has 140 valence electrons. The Morgan fingerprint density at radius 1 is 1.19 bits per heavy atom. The number of nitrogens with zero attached hydrogens (tertiary/aromatic N) is 2. The van der Waals surface area contributed by atoms with Gasteiger partial charge in [0.15, 0.2) is 11.5 Å². The van der Waals surface area contributed by atoms with Gasteiger partial charge in [0.05, 0.1) is 14.2 Å². The highest BCUT2D eigenvalue weighted by Crippen LogP contribution is 2.34. The summed E-state index contributed by atoms with van der Waals surface area (Å²) in [5.41, 5.74) is 1.46. The van der Waals surface area contributed by atoms with E-state index in [1.165, 1.54) is 30.6 Å². The van der Waals surface area contributed by atoms with Crippen LogP contribution in [0.4, 0.5) is 0 Å². The van der Waals surface area contributed by atoms with E-state index in [2.05, 4.69) is 4.98 Å². The van der Waals surface area contributed by atoms with E-state index in [4.69, 9.17) is 9.47 Å². The average molecular weight is 375 g/mol. The summed E-state index contributed by atoms with van der Waals surface area (Å²) in [5.74, 6) is 1.38. The van der Waals surface area contributed by atoms with Gasteiger partial charge in [-0.3, -0.25) is 4.79 Å². The lowest BCUT2D eigenvalue weighted by Crippen LogP contribution is -2.41. The fraction of sp³-hybridized carbons (Fsp3) is 0.500. The summed E-state index contributed by atoms with van der Waals surface area (Å²) in [7, 11) is 3.23. The first-order chi connectivity index (χ1) is 12.7. The van der Waals surface area contributed by atoms with Crippen LogP contribution in [-0.2, 0) is 0 Å². The van der Waals surface area contributed by atoms with Gasteiger partial charge >= 0.3 is 0 Å². The smallest absolute Gasteiger partial charge is 0.273 e. The zero-order valence-electron chi connectivity index (χ0n) is 15.7. The molecule has 0 spiro atoms. The molecule has 0 atom stereocenters. The van der Waals surface area contributed by atoms with Crippen molar-refractivity contribution in [2.75, 3.05) is 20.8 Å². The Hall–Kier alpha value is -2.08. The lowest BCUT2D eigenvalue weighted by molar-refractivity contribution is 0.0643. The lowest BCUT2D eigenvalue weighted by atomic mass is 9.94. The zero-order valence-corrected chi connectivity index (χ0v) is 16.5. The van der Waals surface area contributed by atoms with Gasteiger partial charge in [0.2, 0.25) is 0 Å². The Balaban J connectivity index is 1.81. The number of methoxy groups -OCH3 is 2. The molecule has 1 aromatic heterocycles. The minimum atomic E-state index is 0.0439. The minimum Gasteiger partial charge on any atom is -0.493 e. The Morgan fingerprint density at radius 2 is 1.92 bits per heavy atom. The number of aromatic nitrogens is 1. The highest BCUT2D eigenvalue weighted by Gasteiger charge is 2.26. The van der Waals surface area contributed by atoms with Gasteiger partial charge in [-0.15, -0.1) is 11.3 Å². The number of hydrogen-bond donors (Lipinski definition) is 0. The molecule has 0 bridgehead atoms. The topological polar surface area (TPSA) is 51.7 Å². The van der Waals surface area contributed by atoms with Crippen molar-refractivity contribution in [3.63, 3.8) is 0 Å². The number of hydrogen-bond acceptors (Lipinski definition) is 5. The van der Waals surface area contributed by atoms with E-state index >= 15 is 0 Å². The van der Waals surface area contributed by atoms with Crippen LogP contribution in [0.3, 0.4) is 0 Å². The molecule has 0 unspecified atom stereocenters. The lowest BCUT2D eigenvalue weighted by Gasteiger charge is -2.33. The van der Waals surface area contributed by atoms with Gasteiger partial charge in [-0.1, -0.05) is 19.3 Å². The highest BCUT2D eigenvalue weighted by molar-refractivity contribution is 7.13. The van der Waals surface area contributed by atoms with Crippen LogP contribution in [0.1, 0.15) is 49.5 Å². The normalized spacial score (nSPS) is 14.9. The largest absolute Gasteiger partial charge is 0.493 e. The molecule has 0 saturated heterocycles. The molecule has 26 heavy (non-hydrogen) atoms. The second-order valence-corrected chi connectivity index (χ2v) is 7.35. The maximum atomic E-state index is 13.0. The predicted molar refractivity (Wildman–Crippen MR) is 104 cm³/mol. The molecule has 1 saturated carbocycles. The second-order valence-electron chi connectivity index (χ2n) is 6.49. The van der Waals surface area contributed by atoms with Crippen LogP contribution in [-0.4, -0.2) is 42.6 Å². The van der Waals surface area contributed by atoms with Crippen LogP contribution >= 0.6 is 11.3 Å². The number of benzene rings is 1. The van der Waals surface area contributed by atoms with Gasteiger partial charge in [0.1, 0.15) is 10.7 Å². The van der Waals surface area contributed by atoms with Crippen LogP contribution < -0.4 is 9.47 Å². The minimum absolute atomic E-state index is 0.0439. The van der Waals surface area contributed by atoms with Crippen molar-refractivity contribution in [3.05, 3.63) is 29.3 Å². The molecule has 5 nitrogen and oxygen atoms in total. The maximum Gasteiger partial charge on any atom is 0.273 e. The molecule has 6 heteroatoms. The van der Waals surface area contributed by atoms with Crippen molar-refractivity contribution >= 4 is 17.2 Å². The summed E-state index contributed by atoms with van der Waals surface area (Å²) in [6.45, 7) is 2.78. The number of carbonyl (C=O) groups is 1. The number of amides is 1. The summed E-state index contributed by atoms with van der Waals surface area (Å²) in [4.78, 5) is 19.6. The van der Waals surface area contributed by atoms with Crippen LogP contribution in [0.15, 0.2) is 23.6 Å². The Labute approximate surface area is 159 Å². The third kappa shape index (κ3) is 3.85. The first-order valence-corrected chi connectivity index (χ1v) is 10.0. The molecule has 1 aromatic carbocycles. The molecule has 1 aliphatic rings. The Kier molecular flexibility index (Phi) is 6.14. The third-order valence-electron chi connectivity index (χ3n) is 4.97. The van der Waals surface area contributed by atoms with Crippen LogP contribution in [0, 0.1) is 0 Å². The highest BCUT2D eigenvalue weighted by atomic mass is 32.1. The van der Waals surface area contributed by atoms with E-state index in [9.17, 15) is 4.79 Å². The quantitative estimate of drug-likeness (QED) is 0.740. The summed E-state index contributed by atoms with van der Waals surface area (Å²) < 4.78 is 10.6. The molecule has 0 aliphatic heterocycles. The third-order valence-corrected chi connectivity index (χ3v) is 5.86. The standard InChI is InChI=1S/C20H26N2O3S/c1-4-22(15-8-6-5-7-9-15)20(23)16-13-26-19(21-16)14-10-11-17(24-2)18(12-14)25-3/h10-13,15H,4-9H2,1-3H3. The predicted octanol–water partition coefficient (Wildman–Crippen LogP) is 4.62.